The minimum atomic E-state index is 0.351. The van der Waals surface area contributed by atoms with Crippen LogP contribution < -0.4 is 5.32 Å². The van der Waals surface area contributed by atoms with E-state index < -0.39 is 0 Å². The Morgan fingerprint density at radius 1 is 1.17 bits per heavy atom. The average molecular weight is 266 g/mol. The number of fused-ring (bicyclic) bond motifs is 1. The van der Waals surface area contributed by atoms with Crippen molar-refractivity contribution in [2.24, 2.45) is 0 Å². The molecule has 1 fully saturated rings. The van der Waals surface area contributed by atoms with Gasteiger partial charge in [0.2, 0.25) is 0 Å². The van der Waals surface area contributed by atoms with E-state index in [-0.39, 0.29) is 0 Å². The van der Waals surface area contributed by atoms with Crippen LogP contribution in [-0.4, -0.2) is 18.2 Å². The summed E-state index contributed by atoms with van der Waals surface area (Å²) in [5, 5.41) is 14.3. The number of nitrogens with one attached hydrogen (secondary N) is 1. The highest BCUT2D eigenvalue weighted by Gasteiger charge is 2.26. The number of aryl methyl sites for hydroxylation is 1. The Balaban J connectivity index is 2.07. The molecule has 0 spiro atoms. The smallest absolute Gasteiger partial charge is 0.137 e. The number of piperidine rings is 1. The predicted molar refractivity (Wildman–Crippen MR) is 74.6 cm³/mol. The van der Waals surface area contributed by atoms with Crippen LogP contribution in [0.1, 0.15) is 48.3 Å². The zero-order valence-electron chi connectivity index (χ0n) is 10.6. The summed E-state index contributed by atoms with van der Waals surface area (Å²) >= 11 is 6.20. The molecule has 0 radical (unpaired) electrons. The van der Waals surface area contributed by atoms with Crippen LogP contribution in [0.3, 0.4) is 0 Å². The molecule has 3 rings (SSSR count). The van der Waals surface area contributed by atoms with Crippen LogP contribution in [0.15, 0.2) is 6.07 Å². The molecule has 1 heterocycles. The van der Waals surface area contributed by atoms with Crippen molar-refractivity contribution in [1.29, 1.82) is 0 Å². The molecule has 0 amide bonds. The first-order chi connectivity index (χ1) is 8.77. The fraction of sp³-hybridized carbons (Fsp3) is 0.600. The molecule has 1 aromatic rings. The highest BCUT2D eigenvalue weighted by Crippen LogP contribution is 2.42. The van der Waals surface area contributed by atoms with Crippen LogP contribution in [0.5, 0.6) is 5.75 Å². The molecule has 98 valence electrons. The van der Waals surface area contributed by atoms with E-state index in [0.29, 0.717) is 16.7 Å². The zero-order chi connectivity index (χ0) is 12.5. The standard InChI is InChI=1S/C15H20ClNO/c16-13-9-11-3-1-2-4-12(11)14(15(13)18)10-5-7-17-8-6-10/h9-10,17-18H,1-8H2. The SMILES string of the molecule is Oc1c(Cl)cc2c(c1C1CCNCC1)CCCC2. The first kappa shape index (κ1) is 12.3. The summed E-state index contributed by atoms with van der Waals surface area (Å²) in [7, 11) is 0. The van der Waals surface area contributed by atoms with Gasteiger partial charge >= 0.3 is 0 Å². The van der Waals surface area contributed by atoms with E-state index in [1.165, 1.54) is 29.5 Å². The summed E-state index contributed by atoms with van der Waals surface area (Å²) in [4.78, 5) is 0. The monoisotopic (exact) mass is 265 g/mol. The van der Waals surface area contributed by atoms with Crippen LogP contribution in [0.25, 0.3) is 0 Å². The van der Waals surface area contributed by atoms with Crippen molar-refractivity contribution >= 4 is 11.6 Å². The van der Waals surface area contributed by atoms with Crippen LogP contribution in [-0.2, 0) is 12.8 Å². The third-order valence-electron chi connectivity index (χ3n) is 4.37. The van der Waals surface area contributed by atoms with E-state index in [0.717, 1.165) is 38.8 Å². The van der Waals surface area contributed by atoms with Crippen molar-refractivity contribution in [2.45, 2.75) is 44.4 Å². The van der Waals surface area contributed by atoms with Gasteiger partial charge in [0.25, 0.3) is 0 Å². The lowest BCUT2D eigenvalue weighted by Gasteiger charge is -2.29. The molecule has 2 nitrogen and oxygen atoms in total. The van der Waals surface area contributed by atoms with E-state index in [1.54, 1.807) is 0 Å². The molecule has 1 aliphatic heterocycles. The number of halogens is 1. The van der Waals surface area contributed by atoms with Crippen molar-refractivity contribution in [3.05, 3.63) is 27.8 Å². The molecule has 1 aromatic carbocycles. The maximum absolute atomic E-state index is 10.4. The average Bonchev–Trinajstić information content (AvgIpc) is 2.41. The Kier molecular flexibility index (Phi) is 3.49. The molecule has 1 saturated heterocycles. The van der Waals surface area contributed by atoms with Crippen LogP contribution in [0.2, 0.25) is 5.02 Å². The second kappa shape index (κ2) is 5.10. The van der Waals surface area contributed by atoms with Gasteiger partial charge in [-0.3, -0.25) is 0 Å². The molecule has 2 aliphatic rings. The third-order valence-corrected chi connectivity index (χ3v) is 4.65. The normalized spacial score (nSPS) is 20.7. The molecule has 18 heavy (non-hydrogen) atoms. The van der Waals surface area contributed by atoms with Crippen LogP contribution >= 0.6 is 11.6 Å². The Morgan fingerprint density at radius 3 is 2.67 bits per heavy atom. The minimum Gasteiger partial charge on any atom is -0.506 e. The minimum absolute atomic E-state index is 0.351. The van der Waals surface area contributed by atoms with Crippen molar-refractivity contribution in [1.82, 2.24) is 5.32 Å². The molecule has 1 aliphatic carbocycles. The second-order valence-corrected chi connectivity index (χ2v) is 5.90. The molecule has 0 unspecified atom stereocenters. The Hall–Kier alpha value is -0.730. The maximum Gasteiger partial charge on any atom is 0.137 e. The first-order valence-corrected chi connectivity index (χ1v) is 7.39. The number of hydrogen-bond donors (Lipinski definition) is 2. The molecule has 0 saturated carbocycles. The van der Waals surface area contributed by atoms with E-state index in [1.807, 2.05) is 6.07 Å². The highest BCUT2D eigenvalue weighted by molar-refractivity contribution is 6.32. The molecular formula is C15H20ClNO. The molecule has 0 aromatic heterocycles. The fourth-order valence-corrected chi connectivity index (χ4v) is 3.67. The lowest BCUT2D eigenvalue weighted by molar-refractivity contribution is 0.420. The number of phenols is 1. The van der Waals surface area contributed by atoms with Crippen molar-refractivity contribution in [3.63, 3.8) is 0 Å². The van der Waals surface area contributed by atoms with Gasteiger partial charge in [-0.1, -0.05) is 11.6 Å². The van der Waals surface area contributed by atoms with E-state index in [2.05, 4.69) is 5.32 Å². The summed E-state index contributed by atoms with van der Waals surface area (Å²) in [5.74, 6) is 0.834. The summed E-state index contributed by atoms with van der Waals surface area (Å²) < 4.78 is 0. The van der Waals surface area contributed by atoms with Gasteiger partial charge in [0, 0.05) is 5.56 Å². The number of phenolic OH excluding ortho intramolecular Hbond substituents is 1. The third kappa shape index (κ3) is 2.12. The van der Waals surface area contributed by atoms with E-state index >= 15 is 0 Å². The quantitative estimate of drug-likeness (QED) is 0.816. The van der Waals surface area contributed by atoms with Gasteiger partial charge in [-0.05, 0) is 74.7 Å². The van der Waals surface area contributed by atoms with Gasteiger partial charge in [0.15, 0.2) is 0 Å². The molecule has 0 atom stereocenters. The van der Waals surface area contributed by atoms with Crippen LogP contribution in [0.4, 0.5) is 0 Å². The molecule has 3 heteroatoms. The molecular weight excluding hydrogens is 246 g/mol. The Labute approximate surface area is 113 Å². The second-order valence-electron chi connectivity index (χ2n) is 5.49. The Morgan fingerprint density at radius 2 is 1.89 bits per heavy atom. The molecule has 2 N–H and O–H groups in total. The topological polar surface area (TPSA) is 32.3 Å². The van der Waals surface area contributed by atoms with Gasteiger partial charge in [-0.2, -0.15) is 0 Å². The number of aromatic hydroxyl groups is 1. The first-order valence-electron chi connectivity index (χ1n) is 7.01. The molecule has 0 bridgehead atoms. The fourth-order valence-electron chi connectivity index (χ4n) is 3.44. The zero-order valence-corrected chi connectivity index (χ0v) is 11.4. The van der Waals surface area contributed by atoms with Gasteiger partial charge in [-0.15, -0.1) is 0 Å². The van der Waals surface area contributed by atoms with E-state index in [9.17, 15) is 5.11 Å². The lowest BCUT2D eigenvalue weighted by Crippen LogP contribution is -2.27. The predicted octanol–water partition coefficient (Wildman–Crippen LogP) is 3.39. The number of hydrogen-bond acceptors (Lipinski definition) is 2. The summed E-state index contributed by atoms with van der Waals surface area (Å²) in [6.07, 6.45) is 6.94. The van der Waals surface area contributed by atoms with Crippen molar-refractivity contribution in [3.8, 4) is 5.75 Å². The summed E-state index contributed by atoms with van der Waals surface area (Å²) in [5.41, 5.74) is 3.94. The summed E-state index contributed by atoms with van der Waals surface area (Å²) in [6, 6.07) is 1.98. The van der Waals surface area contributed by atoms with Gasteiger partial charge < -0.3 is 10.4 Å². The number of benzene rings is 1. The van der Waals surface area contributed by atoms with E-state index in [4.69, 9.17) is 11.6 Å². The number of rotatable bonds is 1. The highest BCUT2D eigenvalue weighted by atomic mass is 35.5. The Bertz CT molecular complexity index is 452. The van der Waals surface area contributed by atoms with Gasteiger partial charge in [0.1, 0.15) is 5.75 Å². The largest absolute Gasteiger partial charge is 0.506 e. The van der Waals surface area contributed by atoms with Gasteiger partial charge in [-0.25, -0.2) is 0 Å². The lowest BCUT2D eigenvalue weighted by atomic mass is 9.80. The van der Waals surface area contributed by atoms with Crippen molar-refractivity contribution in [2.75, 3.05) is 13.1 Å². The van der Waals surface area contributed by atoms with Crippen molar-refractivity contribution < 1.29 is 5.11 Å². The van der Waals surface area contributed by atoms with Gasteiger partial charge in [0.05, 0.1) is 5.02 Å². The summed E-state index contributed by atoms with van der Waals surface area (Å²) in [6.45, 7) is 2.09. The maximum atomic E-state index is 10.4. The van der Waals surface area contributed by atoms with Crippen LogP contribution in [0, 0.1) is 0 Å².